The fraction of sp³-hybridized carbons (Fsp3) is 0.476. The second-order valence-electron chi connectivity index (χ2n) is 6.58. The Hall–Kier alpha value is -3.43. The first-order valence-corrected chi connectivity index (χ1v) is 9.50. The van der Waals surface area contributed by atoms with Crippen molar-refractivity contribution in [3.05, 3.63) is 35.9 Å². The average Bonchev–Trinajstić information content (AvgIpc) is 2.71. The predicted octanol–water partition coefficient (Wildman–Crippen LogP) is 1.48. The highest BCUT2D eigenvalue weighted by atomic mass is 16.6. The van der Waals surface area contributed by atoms with Crippen LogP contribution in [-0.4, -0.2) is 54.3 Å². The summed E-state index contributed by atoms with van der Waals surface area (Å²) in [5.74, 6) is -4.41. The highest BCUT2D eigenvalue weighted by Crippen LogP contribution is 2.08. The van der Waals surface area contributed by atoms with E-state index in [0.717, 1.165) is 12.5 Å². The van der Waals surface area contributed by atoms with Gasteiger partial charge in [0.05, 0.1) is 0 Å². The van der Waals surface area contributed by atoms with E-state index in [1.165, 1.54) is 27.7 Å². The number of hydrogen-bond acceptors (Lipinski definition) is 10. The molecule has 0 heterocycles. The maximum Gasteiger partial charge on any atom is 0.347 e. The Kier molecular flexibility index (Phi) is 10.2. The summed E-state index contributed by atoms with van der Waals surface area (Å²) in [5, 5.41) is 0. The van der Waals surface area contributed by atoms with Crippen LogP contribution in [0.5, 0.6) is 0 Å². The van der Waals surface area contributed by atoms with E-state index in [1.54, 1.807) is 24.3 Å². The van der Waals surface area contributed by atoms with Crippen molar-refractivity contribution in [2.75, 3.05) is 0 Å². The van der Waals surface area contributed by atoms with Crippen LogP contribution in [0.1, 0.15) is 40.2 Å². The van der Waals surface area contributed by atoms with Gasteiger partial charge in [-0.05, 0) is 33.3 Å². The zero-order valence-electron chi connectivity index (χ0n) is 18.0. The van der Waals surface area contributed by atoms with Gasteiger partial charge >= 0.3 is 29.8 Å². The second kappa shape index (κ2) is 12.3. The highest BCUT2D eigenvalue weighted by molar-refractivity contribution is 5.85. The van der Waals surface area contributed by atoms with Crippen LogP contribution < -0.4 is 0 Å². The van der Waals surface area contributed by atoms with Gasteiger partial charge in [0.25, 0.3) is 0 Å². The fourth-order valence-electron chi connectivity index (χ4n) is 2.10. The van der Waals surface area contributed by atoms with E-state index >= 15 is 0 Å². The van der Waals surface area contributed by atoms with Crippen LogP contribution in [0.4, 0.5) is 0 Å². The lowest BCUT2D eigenvalue weighted by molar-refractivity contribution is -0.185. The minimum Gasteiger partial charge on any atom is -0.458 e. The summed E-state index contributed by atoms with van der Waals surface area (Å²) in [6, 6.07) is 8.94. The van der Waals surface area contributed by atoms with E-state index in [-0.39, 0.29) is 6.61 Å². The molecular formula is C21H26O10. The van der Waals surface area contributed by atoms with Crippen LogP contribution >= 0.6 is 0 Å². The SMILES string of the molecule is CC(=O)OC(C)C(=O)OC(C)C(=O)OC(C)C(=O)OC(C)C(=O)OCc1ccccc1. The summed E-state index contributed by atoms with van der Waals surface area (Å²) in [6.07, 6.45) is -5.17. The van der Waals surface area contributed by atoms with Crippen LogP contribution in [0, 0.1) is 0 Å². The number of benzene rings is 1. The summed E-state index contributed by atoms with van der Waals surface area (Å²) < 4.78 is 24.4. The first-order valence-electron chi connectivity index (χ1n) is 9.50. The second-order valence-corrected chi connectivity index (χ2v) is 6.58. The molecule has 0 amide bonds. The summed E-state index contributed by atoms with van der Waals surface area (Å²) >= 11 is 0. The van der Waals surface area contributed by atoms with Gasteiger partial charge in [-0.25, -0.2) is 19.2 Å². The smallest absolute Gasteiger partial charge is 0.347 e. The standard InChI is InChI=1S/C21H26O10/c1-12(18(23)27-11-17-9-7-6-8-10-17)29-20(25)14(3)31-21(26)15(4)30-19(24)13(2)28-16(5)22/h6-10,12-15H,11H2,1-5H3. The van der Waals surface area contributed by atoms with Gasteiger partial charge in [-0.1, -0.05) is 30.3 Å². The van der Waals surface area contributed by atoms with Crippen LogP contribution in [0.15, 0.2) is 30.3 Å². The molecular weight excluding hydrogens is 412 g/mol. The lowest BCUT2D eigenvalue weighted by Gasteiger charge is -2.19. The Morgan fingerprint density at radius 3 is 1.45 bits per heavy atom. The lowest BCUT2D eigenvalue weighted by Crippen LogP contribution is -2.37. The van der Waals surface area contributed by atoms with E-state index in [2.05, 4.69) is 4.74 Å². The van der Waals surface area contributed by atoms with Crippen molar-refractivity contribution in [3.63, 3.8) is 0 Å². The van der Waals surface area contributed by atoms with Crippen molar-refractivity contribution in [1.29, 1.82) is 0 Å². The Morgan fingerprint density at radius 1 is 0.645 bits per heavy atom. The maximum atomic E-state index is 12.1. The Morgan fingerprint density at radius 2 is 1.03 bits per heavy atom. The molecule has 0 spiro atoms. The van der Waals surface area contributed by atoms with E-state index < -0.39 is 54.3 Å². The Labute approximate surface area is 179 Å². The molecule has 0 aliphatic rings. The molecule has 0 aliphatic heterocycles. The number of ether oxygens (including phenoxy) is 5. The summed E-state index contributed by atoms with van der Waals surface area (Å²) in [6.45, 7) is 6.19. The van der Waals surface area contributed by atoms with Gasteiger partial charge in [0.1, 0.15) is 6.61 Å². The number of rotatable bonds is 10. The molecule has 1 rings (SSSR count). The van der Waals surface area contributed by atoms with Gasteiger partial charge in [0, 0.05) is 6.92 Å². The topological polar surface area (TPSA) is 132 Å². The number of hydrogen-bond donors (Lipinski definition) is 0. The van der Waals surface area contributed by atoms with E-state index in [1.807, 2.05) is 6.07 Å². The molecule has 0 radical (unpaired) electrons. The number of carbonyl (C=O) groups is 5. The number of carbonyl (C=O) groups excluding carboxylic acids is 5. The van der Waals surface area contributed by atoms with Crippen LogP contribution in [0.3, 0.4) is 0 Å². The third-order valence-electron chi connectivity index (χ3n) is 3.77. The molecule has 4 unspecified atom stereocenters. The van der Waals surface area contributed by atoms with Crippen LogP contribution in [-0.2, 0) is 54.3 Å². The van der Waals surface area contributed by atoms with Crippen molar-refractivity contribution in [1.82, 2.24) is 0 Å². The lowest BCUT2D eigenvalue weighted by atomic mass is 10.2. The number of esters is 5. The molecule has 0 aromatic heterocycles. The first-order chi connectivity index (χ1) is 14.5. The molecule has 170 valence electrons. The summed E-state index contributed by atoms with van der Waals surface area (Å²) in [7, 11) is 0. The monoisotopic (exact) mass is 438 g/mol. The molecule has 0 saturated heterocycles. The zero-order valence-corrected chi connectivity index (χ0v) is 18.0. The van der Waals surface area contributed by atoms with Crippen molar-refractivity contribution in [2.45, 2.75) is 65.6 Å². The Balaban J connectivity index is 2.45. The minimum atomic E-state index is -1.37. The van der Waals surface area contributed by atoms with Crippen molar-refractivity contribution < 1.29 is 47.7 Å². The summed E-state index contributed by atoms with van der Waals surface area (Å²) in [5.41, 5.74) is 0.767. The fourth-order valence-corrected chi connectivity index (χ4v) is 2.10. The van der Waals surface area contributed by atoms with Crippen molar-refractivity contribution in [2.24, 2.45) is 0 Å². The molecule has 0 fully saturated rings. The normalized spacial score (nSPS) is 14.2. The highest BCUT2D eigenvalue weighted by Gasteiger charge is 2.29. The van der Waals surface area contributed by atoms with E-state index in [9.17, 15) is 24.0 Å². The molecule has 4 atom stereocenters. The largest absolute Gasteiger partial charge is 0.458 e. The molecule has 1 aromatic carbocycles. The molecule has 10 heteroatoms. The minimum absolute atomic E-state index is 0.0146. The van der Waals surface area contributed by atoms with Crippen LogP contribution in [0.25, 0.3) is 0 Å². The maximum absolute atomic E-state index is 12.1. The Bertz CT molecular complexity index is 789. The molecule has 0 N–H and O–H groups in total. The van der Waals surface area contributed by atoms with Gasteiger partial charge in [0.15, 0.2) is 24.4 Å². The van der Waals surface area contributed by atoms with Crippen LogP contribution in [0.2, 0.25) is 0 Å². The molecule has 0 saturated carbocycles. The molecule has 31 heavy (non-hydrogen) atoms. The van der Waals surface area contributed by atoms with Gasteiger partial charge in [-0.15, -0.1) is 0 Å². The molecule has 1 aromatic rings. The van der Waals surface area contributed by atoms with Gasteiger partial charge < -0.3 is 23.7 Å². The van der Waals surface area contributed by atoms with Gasteiger partial charge in [-0.3, -0.25) is 4.79 Å². The quantitative estimate of drug-likeness (QED) is 0.391. The van der Waals surface area contributed by atoms with E-state index in [0.29, 0.717) is 0 Å². The third-order valence-corrected chi connectivity index (χ3v) is 3.77. The molecule has 0 bridgehead atoms. The predicted molar refractivity (Wildman–Crippen MR) is 104 cm³/mol. The first kappa shape index (κ1) is 25.6. The average molecular weight is 438 g/mol. The van der Waals surface area contributed by atoms with E-state index in [4.69, 9.17) is 18.9 Å². The zero-order chi connectivity index (χ0) is 23.6. The van der Waals surface area contributed by atoms with Gasteiger partial charge in [0.2, 0.25) is 0 Å². The molecule has 10 nitrogen and oxygen atoms in total. The van der Waals surface area contributed by atoms with Gasteiger partial charge in [-0.2, -0.15) is 0 Å². The summed E-state index contributed by atoms with van der Waals surface area (Å²) in [4.78, 5) is 58.6. The molecule has 0 aliphatic carbocycles. The third kappa shape index (κ3) is 9.28. The van der Waals surface area contributed by atoms with Crippen molar-refractivity contribution in [3.8, 4) is 0 Å². The van der Waals surface area contributed by atoms with Crippen molar-refractivity contribution >= 4 is 29.8 Å².